The van der Waals surface area contributed by atoms with Gasteiger partial charge < -0.3 is 10.2 Å². The summed E-state index contributed by atoms with van der Waals surface area (Å²) in [6, 6.07) is 6.84. The van der Waals surface area contributed by atoms with E-state index in [-0.39, 0.29) is 0 Å². The van der Waals surface area contributed by atoms with Crippen molar-refractivity contribution in [2.24, 2.45) is 0 Å². The molecule has 0 aromatic heterocycles. The molecule has 1 N–H and O–H groups in total. The molecule has 0 saturated carbocycles. The molecule has 106 valence electrons. The monoisotopic (exact) mass is 272 g/mol. The van der Waals surface area contributed by atoms with Gasteiger partial charge in [0.1, 0.15) is 0 Å². The van der Waals surface area contributed by atoms with Crippen LogP contribution < -0.4 is 5.32 Å². The second-order valence-electron chi connectivity index (χ2n) is 4.95. The highest BCUT2D eigenvalue weighted by Crippen LogP contribution is 2.21. The maximum atomic E-state index is 12.3. The summed E-state index contributed by atoms with van der Waals surface area (Å²) in [7, 11) is 0. The molecule has 5 heteroatoms. The molecule has 0 unspecified atom stereocenters. The molecular weight excluding hydrogens is 253 g/mol. The van der Waals surface area contributed by atoms with Crippen molar-refractivity contribution >= 4 is 0 Å². The van der Waals surface area contributed by atoms with E-state index >= 15 is 0 Å². The van der Waals surface area contributed by atoms with Crippen LogP contribution in [-0.2, 0) is 12.8 Å². The fourth-order valence-electron chi connectivity index (χ4n) is 2.35. The van der Waals surface area contributed by atoms with Crippen LogP contribution in [0, 0.1) is 0 Å². The van der Waals surface area contributed by atoms with E-state index in [1.165, 1.54) is 0 Å². The Bertz CT molecular complexity index is 398. The van der Waals surface area contributed by atoms with Gasteiger partial charge in [0.25, 0.3) is 0 Å². The summed E-state index contributed by atoms with van der Waals surface area (Å²) in [6.45, 7) is 4.93. The van der Waals surface area contributed by atoms with Crippen LogP contribution in [0.15, 0.2) is 24.3 Å². The molecule has 0 atom stereocenters. The van der Waals surface area contributed by atoms with Crippen LogP contribution in [0.4, 0.5) is 13.2 Å². The highest BCUT2D eigenvalue weighted by Gasteiger charge is 2.27. The molecule has 1 heterocycles. The molecule has 1 fully saturated rings. The van der Waals surface area contributed by atoms with Crippen molar-refractivity contribution in [1.82, 2.24) is 10.2 Å². The molecule has 1 aliphatic heterocycles. The molecule has 2 nitrogen and oxygen atoms in total. The minimum atomic E-state index is -4.13. The van der Waals surface area contributed by atoms with Crippen molar-refractivity contribution in [2.45, 2.75) is 19.0 Å². The Balaban J connectivity index is 1.87. The minimum Gasteiger partial charge on any atom is -0.314 e. The summed E-state index contributed by atoms with van der Waals surface area (Å²) < 4.78 is 37.0. The van der Waals surface area contributed by atoms with Gasteiger partial charge in [-0.25, -0.2) is 0 Å². The van der Waals surface area contributed by atoms with E-state index in [0.717, 1.165) is 44.7 Å². The highest BCUT2D eigenvalue weighted by atomic mass is 19.4. The smallest absolute Gasteiger partial charge is 0.314 e. The largest absolute Gasteiger partial charge is 0.393 e. The van der Waals surface area contributed by atoms with Crippen molar-refractivity contribution in [3.63, 3.8) is 0 Å². The summed E-state index contributed by atoms with van der Waals surface area (Å²) in [6.07, 6.45) is -4.16. The maximum Gasteiger partial charge on any atom is 0.393 e. The van der Waals surface area contributed by atoms with Crippen LogP contribution in [0.1, 0.15) is 11.1 Å². The van der Waals surface area contributed by atoms with Gasteiger partial charge in [-0.3, -0.25) is 0 Å². The summed E-state index contributed by atoms with van der Waals surface area (Å²) in [5.74, 6) is 0. The van der Waals surface area contributed by atoms with Crippen LogP contribution in [0.25, 0.3) is 0 Å². The molecule has 0 spiro atoms. The van der Waals surface area contributed by atoms with E-state index in [1.807, 2.05) is 6.07 Å². The second-order valence-corrected chi connectivity index (χ2v) is 4.95. The molecule has 0 amide bonds. The third-order valence-electron chi connectivity index (χ3n) is 3.32. The number of hydrogen-bond donors (Lipinski definition) is 1. The number of nitrogens with zero attached hydrogens (tertiary/aromatic N) is 1. The van der Waals surface area contributed by atoms with Gasteiger partial charge in [-0.15, -0.1) is 0 Å². The first kappa shape index (κ1) is 14.3. The Hall–Kier alpha value is -1.07. The Labute approximate surface area is 111 Å². The van der Waals surface area contributed by atoms with Crippen molar-refractivity contribution in [3.05, 3.63) is 35.4 Å². The van der Waals surface area contributed by atoms with Crippen molar-refractivity contribution in [3.8, 4) is 0 Å². The fourth-order valence-corrected chi connectivity index (χ4v) is 2.35. The SMILES string of the molecule is FC(F)(F)Cc1cccc(CCN2CCNCC2)c1. The molecule has 0 bridgehead atoms. The van der Waals surface area contributed by atoms with Gasteiger partial charge in [-0.05, 0) is 17.5 Å². The molecule has 0 aliphatic carbocycles. The highest BCUT2D eigenvalue weighted by molar-refractivity contribution is 5.24. The van der Waals surface area contributed by atoms with Crippen LogP contribution in [0.3, 0.4) is 0 Å². The van der Waals surface area contributed by atoms with E-state index in [0.29, 0.717) is 5.56 Å². The van der Waals surface area contributed by atoms with Crippen molar-refractivity contribution in [2.75, 3.05) is 32.7 Å². The predicted octanol–water partition coefficient (Wildman–Crippen LogP) is 2.24. The molecule has 2 rings (SSSR count). The van der Waals surface area contributed by atoms with Gasteiger partial charge in [0.05, 0.1) is 6.42 Å². The Kier molecular flexibility index (Phi) is 4.82. The first-order valence-corrected chi connectivity index (χ1v) is 6.60. The van der Waals surface area contributed by atoms with Crippen LogP contribution in [0.2, 0.25) is 0 Å². The molecule has 1 aliphatic rings. The van der Waals surface area contributed by atoms with E-state index in [4.69, 9.17) is 0 Å². The molecule has 1 aromatic carbocycles. The summed E-state index contributed by atoms with van der Waals surface area (Å²) >= 11 is 0. The van der Waals surface area contributed by atoms with Crippen molar-refractivity contribution < 1.29 is 13.2 Å². The quantitative estimate of drug-likeness (QED) is 0.904. The summed E-state index contributed by atoms with van der Waals surface area (Å²) in [4.78, 5) is 2.34. The number of benzene rings is 1. The van der Waals surface area contributed by atoms with Gasteiger partial charge >= 0.3 is 6.18 Å². The van der Waals surface area contributed by atoms with E-state index in [1.54, 1.807) is 18.2 Å². The van der Waals surface area contributed by atoms with Gasteiger partial charge in [-0.2, -0.15) is 13.2 Å². The lowest BCUT2D eigenvalue weighted by Crippen LogP contribution is -2.44. The predicted molar refractivity (Wildman–Crippen MR) is 69.2 cm³/mol. The van der Waals surface area contributed by atoms with Crippen molar-refractivity contribution in [1.29, 1.82) is 0 Å². The number of nitrogens with one attached hydrogen (secondary N) is 1. The molecular formula is C14H19F3N2. The average Bonchev–Trinajstić information content (AvgIpc) is 2.36. The standard InChI is InChI=1S/C14H19F3N2/c15-14(16,17)11-13-3-1-2-12(10-13)4-7-19-8-5-18-6-9-19/h1-3,10,18H,4-9,11H2. The topological polar surface area (TPSA) is 15.3 Å². The van der Waals surface area contributed by atoms with E-state index in [2.05, 4.69) is 10.2 Å². The Morgan fingerprint density at radius 3 is 2.47 bits per heavy atom. The lowest BCUT2D eigenvalue weighted by molar-refractivity contribution is -0.127. The van der Waals surface area contributed by atoms with Gasteiger partial charge in [0, 0.05) is 32.7 Å². The maximum absolute atomic E-state index is 12.3. The summed E-state index contributed by atoms with van der Waals surface area (Å²) in [5, 5.41) is 3.28. The Morgan fingerprint density at radius 2 is 1.79 bits per heavy atom. The van der Waals surface area contributed by atoms with E-state index < -0.39 is 12.6 Å². The van der Waals surface area contributed by atoms with Crippen LogP contribution >= 0.6 is 0 Å². The van der Waals surface area contributed by atoms with E-state index in [9.17, 15) is 13.2 Å². The first-order chi connectivity index (χ1) is 9.03. The zero-order chi connectivity index (χ0) is 13.7. The van der Waals surface area contributed by atoms with Gasteiger partial charge in [0.2, 0.25) is 0 Å². The normalized spacial score (nSPS) is 17.6. The van der Waals surface area contributed by atoms with Crippen LogP contribution in [-0.4, -0.2) is 43.8 Å². The fraction of sp³-hybridized carbons (Fsp3) is 0.571. The van der Waals surface area contributed by atoms with Gasteiger partial charge in [-0.1, -0.05) is 24.3 Å². The molecule has 1 aromatic rings. The van der Waals surface area contributed by atoms with Crippen LogP contribution in [0.5, 0.6) is 0 Å². The zero-order valence-corrected chi connectivity index (χ0v) is 10.8. The number of halogens is 3. The third-order valence-corrected chi connectivity index (χ3v) is 3.32. The Morgan fingerprint density at radius 1 is 1.11 bits per heavy atom. The summed E-state index contributed by atoms with van der Waals surface area (Å²) in [5.41, 5.74) is 1.34. The molecule has 1 saturated heterocycles. The minimum absolute atomic E-state index is 0.352. The zero-order valence-electron chi connectivity index (χ0n) is 10.8. The average molecular weight is 272 g/mol. The number of hydrogen-bond acceptors (Lipinski definition) is 2. The first-order valence-electron chi connectivity index (χ1n) is 6.60. The number of piperazine rings is 1. The molecule has 19 heavy (non-hydrogen) atoms. The van der Waals surface area contributed by atoms with Gasteiger partial charge in [0.15, 0.2) is 0 Å². The number of alkyl halides is 3. The number of rotatable bonds is 4. The molecule has 0 radical (unpaired) electrons. The lowest BCUT2D eigenvalue weighted by Gasteiger charge is -2.27. The lowest BCUT2D eigenvalue weighted by atomic mass is 10.1. The second kappa shape index (κ2) is 6.39. The third kappa shape index (κ3) is 5.20.